The van der Waals surface area contributed by atoms with Crippen LogP contribution >= 0.6 is 0 Å². The molecule has 1 saturated heterocycles. The van der Waals surface area contributed by atoms with Crippen molar-refractivity contribution in [3.8, 4) is 0 Å². The van der Waals surface area contributed by atoms with Crippen molar-refractivity contribution in [2.45, 2.75) is 38.3 Å². The second kappa shape index (κ2) is 7.14. The molecule has 1 fully saturated rings. The Morgan fingerprint density at radius 3 is 1.60 bits per heavy atom. The molecular formula is C24H25N. The number of hydrogen-bond acceptors (Lipinski definition) is 1. The quantitative estimate of drug-likeness (QED) is 0.541. The standard InChI is InChI=1S/C24H25N/c1-2-19-13-15-22(16-14-19)25-23(20-9-5-3-6-10-20)17-18-24(25)21-11-7-4-8-12-21/h3-16,23-24H,2,17-18H2,1H3/t23-,24-/m1/s1. The fourth-order valence-electron chi connectivity index (χ4n) is 4.08. The topological polar surface area (TPSA) is 3.24 Å². The van der Waals surface area contributed by atoms with Gasteiger partial charge in [-0.1, -0.05) is 79.7 Å². The predicted molar refractivity (Wildman–Crippen MR) is 106 cm³/mol. The molecular weight excluding hydrogens is 302 g/mol. The molecule has 126 valence electrons. The van der Waals surface area contributed by atoms with Crippen LogP contribution in [0.1, 0.15) is 48.5 Å². The molecule has 3 aromatic rings. The van der Waals surface area contributed by atoms with E-state index in [0.717, 1.165) is 6.42 Å². The van der Waals surface area contributed by atoms with Gasteiger partial charge in [0.2, 0.25) is 0 Å². The molecule has 1 heteroatoms. The average molecular weight is 327 g/mol. The van der Waals surface area contributed by atoms with E-state index in [-0.39, 0.29) is 0 Å². The lowest BCUT2D eigenvalue weighted by molar-refractivity contribution is 0.674. The Kier molecular flexibility index (Phi) is 4.56. The van der Waals surface area contributed by atoms with Crippen LogP contribution in [-0.2, 0) is 6.42 Å². The molecule has 2 atom stereocenters. The van der Waals surface area contributed by atoms with Crippen LogP contribution in [0.25, 0.3) is 0 Å². The van der Waals surface area contributed by atoms with Crippen molar-refractivity contribution in [1.82, 2.24) is 0 Å². The monoisotopic (exact) mass is 327 g/mol. The third-order valence-electron chi connectivity index (χ3n) is 5.40. The Morgan fingerprint density at radius 1 is 0.680 bits per heavy atom. The first-order valence-electron chi connectivity index (χ1n) is 9.34. The van der Waals surface area contributed by atoms with Crippen LogP contribution in [0.4, 0.5) is 5.69 Å². The lowest BCUT2D eigenvalue weighted by atomic mass is 10.0. The van der Waals surface area contributed by atoms with Crippen molar-refractivity contribution in [2.75, 3.05) is 4.90 Å². The number of benzene rings is 3. The summed E-state index contributed by atoms with van der Waals surface area (Å²) in [6.45, 7) is 2.21. The number of anilines is 1. The van der Waals surface area contributed by atoms with E-state index in [2.05, 4.69) is 96.8 Å². The SMILES string of the molecule is CCc1ccc(N2[C@@H](c3ccccc3)CC[C@@H]2c2ccccc2)cc1. The van der Waals surface area contributed by atoms with Crippen LogP contribution in [0, 0.1) is 0 Å². The van der Waals surface area contributed by atoms with Gasteiger partial charge in [-0.2, -0.15) is 0 Å². The lowest BCUT2D eigenvalue weighted by Gasteiger charge is -2.33. The van der Waals surface area contributed by atoms with Crippen LogP contribution < -0.4 is 4.90 Å². The Hall–Kier alpha value is -2.54. The smallest absolute Gasteiger partial charge is 0.0549 e. The highest BCUT2D eigenvalue weighted by Crippen LogP contribution is 2.46. The molecule has 1 nitrogen and oxygen atoms in total. The summed E-state index contributed by atoms with van der Waals surface area (Å²) in [5, 5.41) is 0. The van der Waals surface area contributed by atoms with Gasteiger partial charge in [0.05, 0.1) is 12.1 Å². The van der Waals surface area contributed by atoms with Gasteiger partial charge in [-0.25, -0.2) is 0 Å². The van der Waals surface area contributed by atoms with Crippen LogP contribution in [-0.4, -0.2) is 0 Å². The van der Waals surface area contributed by atoms with Gasteiger partial charge in [0, 0.05) is 5.69 Å². The van der Waals surface area contributed by atoms with Gasteiger partial charge in [-0.3, -0.25) is 0 Å². The van der Waals surface area contributed by atoms with E-state index in [1.165, 1.54) is 35.2 Å². The minimum Gasteiger partial charge on any atom is -0.357 e. The fraction of sp³-hybridized carbons (Fsp3) is 0.250. The largest absolute Gasteiger partial charge is 0.357 e. The van der Waals surface area contributed by atoms with Gasteiger partial charge >= 0.3 is 0 Å². The second-order valence-corrected chi connectivity index (χ2v) is 6.86. The van der Waals surface area contributed by atoms with Crippen molar-refractivity contribution in [1.29, 1.82) is 0 Å². The van der Waals surface area contributed by atoms with Gasteiger partial charge < -0.3 is 4.90 Å². The zero-order chi connectivity index (χ0) is 17.1. The van der Waals surface area contributed by atoms with E-state index in [1.807, 2.05) is 0 Å². The molecule has 1 heterocycles. The van der Waals surface area contributed by atoms with Crippen molar-refractivity contribution in [2.24, 2.45) is 0 Å². The molecule has 0 unspecified atom stereocenters. The van der Waals surface area contributed by atoms with Crippen LogP contribution in [0.3, 0.4) is 0 Å². The van der Waals surface area contributed by atoms with Crippen LogP contribution in [0.15, 0.2) is 84.9 Å². The van der Waals surface area contributed by atoms with Crippen LogP contribution in [0.5, 0.6) is 0 Å². The van der Waals surface area contributed by atoms with Gasteiger partial charge in [0.1, 0.15) is 0 Å². The minimum atomic E-state index is 0.443. The second-order valence-electron chi connectivity index (χ2n) is 6.86. The van der Waals surface area contributed by atoms with Gasteiger partial charge in [-0.05, 0) is 48.1 Å². The summed E-state index contributed by atoms with van der Waals surface area (Å²) >= 11 is 0. The summed E-state index contributed by atoms with van der Waals surface area (Å²) in [6.07, 6.45) is 3.47. The normalized spacial score (nSPS) is 20.0. The molecule has 0 amide bonds. The van der Waals surface area contributed by atoms with Crippen molar-refractivity contribution in [3.63, 3.8) is 0 Å². The number of nitrogens with zero attached hydrogens (tertiary/aromatic N) is 1. The Morgan fingerprint density at radius 2 is 1.16 bits per heavy atom. The highest BCUT2D eigenvalue weighted by atomic mass is 15.2. The maximum Gasteiger partial charge on any atom is 0.0549 e. The highest BCUT2D eigenvalue weighted by Gasteiger charge is 2.35. The average Bonchev–Trinajstić information content (AvgIpc) is 3.14. The first kappa shape index (κ1) is 16.0. The summed E-state index contributed by atoms with van der Waals surface area (Å²) in [4.78, 5) is 2.63. The van der Waals surface area contributed by atoms with Crippen molar-refractivity contribution >= 4 is 5.69 Å². The molecule has 0 radical (unpaired) electrons. The van der Waals surface area contributed by atoms with Gasteiger partial charge in [0.15, 0.2) is 0 Å². The van der Waals surface area contributed by atoms with Gasteiger partial charge in [-0.15, -0.1) is 0 Å². The maximum atomic E-state index is 2.63. The number of hydrogen-bond donors (Lipinski definition) is 0. The highest BCUT2D eigenvalue weighted by molar-refractivity contribution is 5.54. The molecule has 0 aliphatic carbocycles. The Balaban J connectivity index is 1.75. The zero-order valence-electron chi connectivity index (χ0n) is 14.8. The summed E-state index contributed by atoms with van der Waals surface area (Å²) < 4.78 is 0. The van der Waals surface area contributed by atoms with E-state index < -0.39 is 0 Å². The molecule has 1 aliphatic heterocycles. The molecule has 0 aromatic heterocycles. The summed E-state index contributed by atoms with van der Waals surface area (Å²) in [7, 11) is 0. The van der Waals surface area contributed by atoms with Crippen molar-refractivity contribution < 1.29 is 0 Å². The molecule has 0 saturated carbocycles. The minimum absolute atomic E-state index is 0.443. The van der Waals surface area contributed by atoms with E-state index in [0.29, 0.717) is 12.1 Å². The first-order valence-corrected chi connectivity index (χ1v) is 9.34. The molecule has 0 N–H and O–H groups in total. The van der Waals surface area contributed by atoms with E-state index >= 15 is 0 Å². The predicted octanol–water partition coefficient (Wildman–Crippen LogP) is 6.33. The van der Waals surface area contributed by atoms with Crippen LogP contribution in [0.2, 0.25) is 0 Å². The first-order chi connectivity index (χ1) is 12.4. The molecule has 1 aliphatic rings. The number of rotatable bonds is 4. The lowest BCUT2D eigenvalue weighted by Crippen LogP contribution is -2.26. The molecule has 0 spiro atoms. The van der Waals surface area contributed by atoms with E-state index in [1.54, 1.807) is 0 Å². The molecule has 4 rings (SSSR count). The molecule has 25 heavy (non-hydrogen) atoms. The van der Waals surface area contributed by atoms with Gasteiger partial charge in [0.25, 0.3) is 0 Å². The Bertz CT molecular complexity index is 745. The summed E-state index contributed by atoms with van der Waals surface area (Å²) in [6, 6.07) is 32.0. The summed E-state index contributed by atoms with van der Waals surface area (Å²) in [5.74, 6) is 0. The van der Waals surface area contributed by atoms with Crippen molar-refractivity contribution in [3.05, 3.63) is 102 Å². The summed E-state index contributed by atoms with van der Waals surface area (Å²) in [5.41, 5.74) is 5.56. The van der Waals surface area contributed by atoms with E-state index in [4.69, 9.17) is 0 Å². The number of aryl methyl sites for hydroxylation is 1. The zero-order valence-corrected chi connectivity index (χ0v) is 14.8. The molecule has 0 bridgehead atoms. The molecule has 3 aromatic carbocycles. The Labute approximate surface area is 150 Å². The fourth-order valence-corrected chi connectivity index (χ4v) is 4.08. The third kappa shape index (κ3) is 3.19. The maximum absolute atomic E-state index is 2.63. The van der Waals surface area contributed by atoms with E-state index in [9.17, 15) is 0 Å². The third-order valence-corrected chi connectivity index (χ3v) is 5.40.